The molecule has 98 valence electrons. The van der Waals surface area contributed by atoms with E-state index in [0.717, 1.165) is 36.5 Å². The Morgan fingerprint density at radius 2 is 2.21 bits per heavy atom. The quantitative estimate of drug-likeness (QED) is 0.795. The second-order valence-electron chi connectivity index (χ2n) is 4.31. The molecular weight excluding hydrogens is 240 g/mol. The Bertz CT molecular complexity index is 582. The minimum absolute atomic E-state index is 0.560. The standard InChI is InChI=1S/C13H16N6/c1-9-10(2)18-19-13(11(9)8-14)17-5-3-4-12-15-6-7-16-12/h6-7H,3-5H2,1-2H3,(H,15,16)(H,17,19). The highest BCUT2D eigenvalue weighted by molar-refractivity contribution is 5.55. The molecule has 0 radical (unpaired) electrons. The average molecular weight is 256 g/mol. The molecule has 2 aromatic rings. The molecule has 2 N–H and O–H groups in total. The van der Waals surface area contributed by atoms with Gasteiger partial charge in [0.15, 0.2) is 5.82 Å². The zero-order valence-electron chi connectivity index (χ0n) is 11.1. The van der Waals surface area contributed by atoms with Crippen molar-refractivity contribution >= 4 is 5.82 Å². The summed E-state index contributed by atoms with van der Waals surface area (Å²) in [6.07, 6.45) is 5.32. The van der Waals surface area contributed by atoms with E-state index in [1.807, 2.05) is 20.0 Å². The number of aromatic amines is 1. The number of aromatic nitrogens is 4. The molecule has 0 bridgehead atoms. The topological polar surface area (TPSA) is 90.3 Å². The van der Waals surface area contributed by atoms with Gasteiger partial charge in [-0.15, -0.1) is 5.10 Å². The van der Waals surface area contributed by atoms with Crippen LogP contribution in [0.15, 0.2) is 12.4 Å². The van der Waals surface area contributed by atoms with Crippen LogP contribution >= 0.6 is 0 Å². The number of H-pyrrole nitrogens is 1. The van der Waals surface area contributed by atoms with E-state index in [2.05, 4.69) is 31.6 Å². The van der Waals surface area contributed by atoms with Crippen LogP contribution in [0.2, 0.25) is 0 Å². The van der Waals surface area contributed by atoms with Gasteiger partial charge in [0.05, 0.1) is 5.69 Å². The maximum atomic E-state index is 9.16. The number of aryl methyl sites for hydroxylation is 2. The molecule has 0 saturated heterocycles. The van der Waals surface area contributed by atoms with E-state index >= 15 is 0 Å². The van der Waals surface area contributed by atoms with Crippen molar-refractivity contribution in [3.63, 3.8) is 0 Å². The second-order valence-corrected chi connectivity index (χ2v) is 4.31. The van der Waals surface area contributed by atoms with Gasteiger partial charge in [0.1, 0.15) is 17.5 Å². The molecule has 6 heteroatoms. The maximum absolute atomic E-state index is 9.16. The molecule has 2 aromatic heterocycles. The zero-order chi connectivity index (χ0) is 13.7. The van der Waals surface area contributed by atoms with E-state index in [1.165, 1.54) is 0 Å². The summed E-state index contributed by atoms with van der Waals surface area (Å²) < 4.78 is 0. The fourth-order valence-electron chi connectivity index (χ4n) is 1.77. The normalized spacial score (nSPS) is 10.2. The van der Waals surface area contributed by atoms with Gasteiger partial charge in [0.25, 0.3) is 0 Å². The van der Waals surface area contributed by atoms with Gasteiger partial charge in [-0.3, -0.25) is 0 Å². The van der Waals surface area contributed by atoms with Gasteiger partial charge >= 0.3 is 0 Å². The number of nitrogens with zero attached hydrogens (tertiary/aromatic N) is 4. The molecule has 0 aliphatic heterocycles. The first-order chi connectivity index (χ1) is 9.22. The molecule has 0 amide bonds. The van der Waals surface area contributed by atoms with Crippen molar-refractivity contribution in [2.75, 3.05) is 11.9 Å². The Hall–Kier alpha value is -2.42. The van der Waals surface area contributed by atoms with Crippen molar-refractivity contribution < 1.29 is 0 Å². The summed E-state index contributed by atoms with van der Waals surface area (Å²) in [4.78, 5) is 7.21. The van der Waals surface area contributed by atoms with Crippen molar-refractivity contribution in [3.8, 4) is 6.07 Å². The first-order valence-corrected chi connectivity index (χ1v) is 6.18. The van der Waals surface area contributed by atoms with E-state index in [9.17, 15) is 0 Å². The van der Waals surface area contributed by atoms with Crippen LogP contribution in [0.1, 0.15) is 29.1 Å². The van der Waals surface area contributed by atoms with E-state index in [1.54, 1.807) is 6.20 Å². The lowest BCUT2D eigenvalue weighted by Crippen LogP contribution is -2.09. The minimum atomic E-state index is 0.560. The molecule has 0 atom stereocenters. The van der Waals surface area contributed by atoms with Gasteiger partial charge in [-0.05, 0) is 25.8 Å². The summed E-state index contributed by atoms with van der Waals surface area (Å²) in [5.41, 5.74) is 2.24. The second kappa shape index (κ2) is 5.96. The molecule has 2 heterocycles. The summed E-state index contributed by atoms with van der Waals surface area (Å²) >= 11 is 0. The van der Waals surface area contributed by atoms with E-state index in [4.69, 9.17) is 5.26 Å². The lowest BCUT2D eigenvalue weighted by molar-refractivity contribution is 0.808. The predicted molar refractivity (Wildman–Crippen MR) is 71.6 cm³/mol. The van der Waals surface area contributed by atoms with Crippen LogP contribution in [0, 0.1) is 25.2 Å². The van der Waals surface area contributed by atoms with E-state index in [0.29, 0.717) is 11.4 Å². The Balaban J connectivity index is 1.93. The van der Waals surface area contributed by atoms with Crippen LogP contribution in [0.4, 0.5) is 5.82 Å². The summed E-state index contributed by atoms with van der Waals surface area (Å²) in [5, 5.41) is 20.4. The Morgan fingerprint density at radius 3 is 2.89 bits per heavy atom. The first kappa shape index (κ1) is 13.0. The molecule has 0 saturated carbocycles. The van der Waals surface area contributed by atoms with Crippen molar-refractivity contribution in [2.45, 2.75) is 26.7 Å². The fraction of sp³-hybridized carbons (Fsp3) is 0.385. The number of hydrogen-bond acceptors (Lipinski definition) is 5. The summed E-state index contributed by atoms with van der Waals surface area (Å²) in [6.45, 7) is 4.47. The lowest BCUT2D eigenvalue weighted by Gasteiger charge is -2.08. The Morgan fingerprint density at radius 1 is 1.37 bits per heavy atom. The van der Waals surface area contributed by atoms with Crippen molar-refractivity contribution in [2.24, 2.45) is 0 Å². The number of nitriles is 1. The van der Waals surface area contributed by atoms with Gasteiger partial charge < -0.3 is 10.3 Å². The lowest BCUT2D eigenvalue weighted by atomic mass is 10.1. The van der Waals surface area contributed by atoms with Gasteiger partial charge in [-0.1, -0.05) is 0 Å². The molecule has 0 fully saturated rings. The smallest absolute Gasteiger partial charge is 0.166 e. The van der Waals surface area contributed by atoms with Gasteiger partial charge in [0, 0.05) is 25.4 Å². The summed E-state index contributed by atoms with van der Waals surface area (Å²) in [5.74, 6) is 1.53. The molecule has 0 aromatic carbocycles. The molecule has 0 aliphatic carbocycles. The highest BCUT2D eigenvalue weighted by Crippen LogP contribution is 2.16. The third-order valence-corrected chi connectivity index (χ3v) is 3.00. The van der Waals surface area contributed by atoms with Crippen LogP contribution < -0.4 is 5.32 Å². The molecule has 19 heavy (non-hydrogen) atoms. The van der Waals surface area contributed by atoms with Crippen molar-refractivity contribution in [3.05, 3.63) is 35.0 Å². The molecule has 0 unspecified atom stereocenters. The minimum Gasteiger partial charge on any atom is -0.367 e. The fourth-order valence-corrected chi connectivity index (χ4v) is 1.77. The van der Waals surface area contributed by atoms with Crippen LogP contribution in [-0.2, 0) is 6.42 Å². The largest absolute Gasteiger partial charge is 0.367 e. The predicted octanol–water partition coefficient (Wildman–Crippen LogP) is 1.73. The number of anilines is 1. The molecular formula is C13H16N6. The monoisotopic (exact) mass is 256 g/mol. The third-order valence-electron chi connectivity index (χ3n) is 3.00. The van der Waals surface area contributed by atoms with Crippen LogP contribution in [0.3, 0.4) is 0 Å². The van der Waals surface area contributed by atoms with E-state index in [-0.39, 0.29) is 0 Å². The SMILES string of the molecule is Cc1nnc(NCCCc2ncc[nH]2)c(C#N)c1C. The van der Waals surface area contributed by atoms with Crippen LogP contribution in [0.5, 0.6) is 0 Å². The molecule has 0 aliphatic rings. The zero-order valence-corrected chi connectivity index (χ0v) is 11.1. The van der Waals surface area contributed by atoms with Crippen LogP contribution in [0.25, 0.3) is 0 Å². The summed E-state index contributed by atoms with van der Waals surface area (Å²) in [7, 11) is 0. The Kier molecular flexibility index (Phi) is 4.08. The van der Waals surface area contributed by atoms with Crippen molar-refractivity contribution in [1.29, 1.82) is 5.26 Å². The Labute approximate surface area is 111 Å². The van der Waals surface area contributed by atoms with E-state index < -0.39 is 0 Å². The molecule has 0 spiro atoms. The molecule has 6 nitrogen and oxygen atoms in total. The first-order valence-electron chi connectivity index (χ1n) is 6.18. The molecule has 2 rings (SSSR count). The van der Waals surface area contributed by atoms with Crippen LogP contribution in [-0.4, -0.2) is 26.7 Å². The summed E-state index contributed by atoms with van der Waals surface area (Å²) in [6, 6.07) is 2.18. The maximum Gasteiger partial charge on any atom is 0.166 e. The highest BCUT2D eigenvalue weighted by Gasteiger charge is 2.09. The third kappa shape index (κ3) is 3.07. The number of rotatable bonds is 5. The van der Waals surface area contributed by atoms with Gasteiger partial charge in [-0.2, -0.15) is 10.4 Å². The van der Waals surface area contributed by atoms with Gasteiger partial charge in [-0.25, -0.2) is 4.98 Å². The van der Waals surface area contributed by atoms with Crippen molar-refractivity contribution in [1.82, 2.24) is 20.2 Å². The number of nitrogens with one attached hydrogen (secondary N) is 2. The van der Waals surface area contributed by atoms with Gasteiger partial charge in [0.2, 0.25) is 0 Å². The number of imidazole rings is 1. The highest BCUT2D eigenvalue weighted by atomic mass is 15.2. The average Bonchev–Trinajstić information content (AvgIpc) is 2.92. The number of hydrogen-bond donors (Lipinski definition) is 2.